The Morgan fingerprint density at radius 2 is 1.62 bits per heavy atom. The molecule has 0 amide bonds. The highest BCUT2D eigenvalue weighted by Gasteiger charge is 2.00. The van der Waals surface area contributed by atoms with Crippen LogP contribution in [0.3, 0.4) is 0 Å². The first-order chi connectivity index (χ1) is 10.4. The van der Waals surface area contributed by atoms with Crippen molar-refractivity contribution in [1.29, 1.82) is 0 Å². The topological polar surface area (TPSA) is 9.23 Å². The molecule has 3 rings (SSSR count). The first-order valence-corrected chi connectivity index (χ1v) is 7.77. The third kappa shape index (κ3) is 3.83. The molecule has 0 radical (unpaired) electrons. The van der Waals surface area contributed by atoms with Crippen molar-refractivity contribution in [2.24, 2.45) is 0 Å². The zero-order chi connectivity index (χ0) is 14.3. The second kappa shape index (κ2) is 6.91. The van der Waals surface area contributed by atoms with Crippen LogP contribution < -0.4 is 4.74 Å². The fourth-order valence-electron chi connectivity index (χ4n) is 2.04. The molecule has 0 saturated heterocycles. The van der Waals surface area contributed by atoms with E-state index >= 15 is 0 Å². The molecule has 0 bridgehead atoms. The summed E-state index contributed by atoms with van der Waals surface area (Å²) in [6, 6.07) is 22.5. The van der Waals surface area contributed by atoms with Crippen LogP contribution in [0.5, 0.6) is 5.75 Å². The number of ether oxygens (including phenoxy) is 1. The van der Waals surface area contributed by atoms with Crippen molar-refractivity contribution < 1.29 is 4.74 Å². The molecule has 1 aromatic heterocycles. The lowest BCUT2D eigenvalue weighted by atomic mass is 10.2. The maximum atomic E-state index is 5.95. The summed E-state index contributed by atoms with van der Waals surface area (Å²) in [5.74, 6) is 0.911. The van der Waals surface area contributed by atoms with Crippen LogP contribution in [-0.4, -0.2) is 0 Å². The molecule has 0 aliphatic carbocycles. The van der Waals surface area contributed by atoms with Crippen LogP contribution in [0.25, 0.3) is 12.2 Å². The van der Waals surface area contributed by atoms with E-state index in [2.05, 4.69) is 47.9 Å². The van der Waals surface area contributed by atoms with Gasteiger partial charge in [-0.05, 0) is 35.2 Å². The molecule has 21 heavy (non-hydrogen) atoms. The van der Waals surface area contributed by atoms with E-state index in [1.165, 1.54) is 10.4 Å². The Bertz CT molecular complexity index is 699. The highest BCUT2D eigenvalue weighted by atomic mass is 32.1. The van der Waals surface area contributed by atoms with E-state index in [9.17, 15) is 0 Å². The lowest BCUT2D eigenvalue weighted by molar-refractivity contribution is 0.305. The Morgan fingerprint density at radius 1 is 0.810 bits per heavy atom. The van der Waals surface area contributed by atoms with Gasteiger partial charge in [0.05, 0.1) is 0 Å². The van der Waals surface area contributed by atoms with Gasteiger partial charge >= 0.3 is 0 Å². The maximum Gasteiger partial charge on any atom is 0.127 e. The molecule has 0 spiro atoms. The van der Waals surface area contributed by atoms with Gasteiger partial charge in [-0.25, -0.2) is 0 Å². The van der Waals surface area contributed by atoms with Gasteiger partial charge in [0.2, 0.25) is 0 Å². The van der Waals surface area contributed by atoms with E-state index in [-0.39, 0.29) is 0 Å². The van der Waals surface area contributed by atoms with Crippen LogP contribution >= 0.6 is 11.3 Å². The van der Waals surface area contributed by atoms with E-state index < -0.39 is 0 Å². The lowest BCUT2D eigenvalue weighted by Gasteiger charge is -2.09. The lowest BCUT2D eigenvalue weighted by Crippen LogP contribution is -1.96. The fraction of sp³-hybridized carbons (Fsp3) is 0.0526. The average molecular weight is 292 g/mol. The molecule has 104 valence electrons. The molecule has 0 unspecified atom stereocenters. The number of rotatable bonds is 5. The summed E-state index contributed by atoms with van der Waals surface area (Å²) >= 11 is 1.73. The molecule has 3 aromatic rings. The van der Waals surface area contributed by atoms with Gasteiger partial charge in [0, 0.05) is 10.4 Å². The van der Waals surface area contributed by atoms with Crippen molar-refractivity contribution in [3.63, 3.8) is 0 Å². The van der Waals surface area contributed by atoms with Crippen molar-refractivity contribution in [2.75, 3.05) is 0 Å². The molecule has 1 heterocycles. The summed E-state index contributed by atoms with van der Waals surface area (Å²) in [4.78, 5) is 1.24. The largest absolute Gasteiger partial charge is 0.488 e. The van der Waals surface area contributed by atoms with Gasteiger partial charge in [-0.15, -0.1) is 11.3 Å². The Hall–Kier alpha value is -2.32. The molecule has 0 N–H and O–H groups in total. The van der Waals surface area contributed by atoms with Gasteiger partial charge in [-0.3, -0.25) is 0 Å². The van der Waals surface area contributed by atoms with Crippen LogP contribution in [0, 0.1) is 0 Å². The van der Waals surface area contributed by atoms with Crippen LogP contribution in [0.4, 0.5) is 0 Å². The SMILES string of the molecule is C(=Cc1ccccc1OCc1ccccc1)c1cccs1. The van der Waals surface area contributed by atoms with Crippen molar-refractivity contribution >= 4 is 23.5 Å². The number of para-hydroxylation sites is 1. The monoisotopic (exact) mass is 292 g/mol. The van der Waals surface area contributed by atoms with Crippen LogP contribution in [0.15, 0.2) is 72.1 Å². The summed E-state index contributed by atoms with van der Waals surface area (Å²) in [6.07, 6.45) is 4.22. The van der Waals surface area contributed by atoms with E-state index in [0.29, 0.717) is 6.61 Å². The first-order valence-electron chi connectivity index (χ1n) is 6.89. The molecule has 0 aliphatic rings. The van der Waals surface area contributed by atoms with Crippen molar-refractivity contribution in [3.05, 3.63) is 88.1 Å². The standard InChI is InChI=1S/C19H16OS/c1-2-7-16(8-3-1)15-20-19-11-5-4-9-17(19)12-13-18-10-6-14-21-18/h1-14H,15H2. The predicted octanol–water partition coefficient (Wildman–Crippen LogP) is 5.50. The summed E-state index contributed by atoms with van der Waals surface area (Å²) in [6.45, 7) is 0.588. The predicted molar refractivity (Wildman–Crippen MR) is 90.5 cm³/mol. The summed E-state index contributed by atoms with van der Waals surface area (Å²) < 4.78 is 5.95. The average Bonchev–Trinajstić information content (AvgIpc) is 3.06. The maximum absolute atomic E-state index is 5.95. The number of hydrogen-bond acceptors (Lipinski definition) is 2. The van der Waals surface area contributed by atoms with Gasteiger partial charge < -0.3 is 4.74 Å². The molecule has 0 atom stereocenters. The molecule has 1 nitrogen and oxygen atoms in total. The third-order valence-corrected chi connectivity index (χ3v) is 3.96. The molecular formula is C19H16OS. The highest BCUT2D eigenvalue weighted by molar-refractivity contribution is 7.10. The molecule has 0 aliphatic heterocycles. The summed E-state index contributed by atoms with van der Waals surface area (Å²) in [7, 11) is 0. The van der Waals surface area contributed by atoms with E-state index in [0.717, 1.165) is 11.3 Å². The normalized spacial score (nSPS) is 10.9. The summed E-state index contributed by atoms with van der Waals surface area (Å²) in [5.41, 5.74) is 2.27. The molecule has 0 fully saturated rings. The number of benzene rings is 2. The van der Waals surface area contributed by atoms with Crippen molar-refractivity contribution in [2.45, 2.75) is 6.61 Å². The van der Waals surface area contributed by atoms with Crippen molar-refractivity contribution in [3.8, 4) is 5.75 Å². The summed E-state index contributed by atoms with van der Waals surface area (Å²) in [5, 5.41) is 2.08. The molecule has 0 saturated carbocycles. The Morgan fingerprint density at radius 3 is 2.43 bits per heavy atom. The molecule has 2 heteroatoms. The Kier molecular flexibility index (Phi) is 4.49. The minimum absolute atomic E-state index is 0.588. The second-order valence-electron chi connectivity index (χ2n) is 4.66. The van der Waals surface area contributed by atoms with Crippen LogP contribution in [0.1, 0.15) is 16.0 Å². The van der Waals surface area contributed by atoms with E-state index in [1.54, 1.807) is 11.3 Å². The smallest absolute Gasteiger partial charge is 0.127 e. The first kappa shape index (κ1) is 13.7. The van der Waals surface area contributed by atoms with Crippen molar-refractivity contribution in [1.82, 2.24) is 0 Å². The minimum Gasteiger partial charge on any atom is -0.488 e. The Labute approximate surface area is 129 Å². The quantitative estimate of drug-likeness (QED) is 0.603. The van der Waals surface area contributed by atoms with Crippen LogP contribution in [0.2, 0.25) is 0 Å². The van der Waals surface area contributed by atoms with Gasteiger partial charge in [-0.1, -0.05) is 54.6 Å². The third-order valence-electron chi connectivity index (χ3n) is 3.13. The zero-order valence-electron chi connectivity index (χ0n) is 11.6. The Balaban J connectivity index is 1.73. The number of thiophene rings is 1. The molecule has 2 aromatic carbocycles. The number of hydrogen-bond donors (Lipinski definition) is 0. The van der Waals surface area contributed by atoms with Gasteiger partial charge in [-0.2, -0.15) is 0 Å². The van der Waals surface area contributed by atoms with E-state index in [1.807, 2.05) is 36.4 Å². The zero-order valence-corrected chi connectivity index (χ0v) is 12.4. The fourth-order valence-corrected chi connectivity index (χ4v) is 2.66. The van der Waals surface area contributed by atoms with Gasteiger partial charge in [0.1, 0.15) is 12.4 Å². The second-order valence-corrected chi connectivity index (χ2v) is 5.64. The van der Waals surface area contributed by atoms with Gasteiger partial charge in [0.15, 0.2) is 0 Å². The molecular weight excluding hydrogens is 276 g/mol. The van der Waals surface area contributed by atoms with E-state index in [4.69, 9.17) is 4.74 Å². The minimum atomic E-state index is 0.588. The van der Waals surface area contributed by atoms with Gasteiger partial charge in [0.25, 0.3) is 0 Å². The van der Waals surface area contributed by atoms with Crippen LogP contribution in [-0.2, 0) is 6.61 Å². The highest BCUT2D eigenvalue weighted by Crippen LogP contribution is 2.22.